The number of para-hydroxylation sites is 4. The van der Waals surface area contributed by atoms with Gasteiger partial charge in [-0.15, -0.1) is 11.3 Å². The number of nitrogens with zero attached hydrogens (tertiary/aromatic N) is 2. The smallest absolute Gasteiger partial charge is 0.170 e. The molecule has 0 radical (unpaired) electrons. The summed E-state index contributed by atoms with van der Waals surface area (Å²) in [6.07, 6.45) is 0. The zero-order valence-corrected chi connectivity index (χ0v) is 30.3. The third-order valence-electron chi connectivity index (χ3n) is 10.4. The maximum atomic E-state index is 6.58. The first-order valence-corrected chi connectivity index (χ1v) is 19.2. The molecule has 4 heterocycles. The number of rotatable bonds is 6. The predicted molar refractivity (Wildman–Crippen MR) is 227 cm³/mol. The third kappa shape index (κ3) is 5.44. The molecule has 0 fully saturated rings. The van der Waals surface area contributed by atoms with Crippen molar-refractivity contribution in [3.05, 3.63) is 181 Å². The van der Waals surface area contributed by atoms with Gasteiger partial charge in [-0.05, 0) is 70.1 Å². The van der Waals surface area contributed by atoms with Gasteiger partial charge in [-0.1, -0.05) is 133 Å². The van der Waals surface area contributed by atoms with Crippen LogP contribution in [0.4, 0.5) is 0 Å². The average molecular weight is 723 g/mol. The number of hydrogen-bond donors (Lipinski definition) is 0. The van der Waals surface area contributed by atoms with Crippen molar-refractivity contribution in [3.63, 3.8) is 0 Å². The van der Waals surface area contributed by atoms with Crippen LogP contribution in [0.2, 0.25) is 0 Å². The lowest BCUT2D eigenvalue weighted by molar-refractivity contribution is 0.670. The third-order valence-corrected chi connectivity index (χ3v) is 11.3. The highest BCUT2D eigenvalue weighted by molar-refractivity contribution is 7.13. The lowest BCUT2D eigenvalue weighted by Gasteiger charge is -2.13. The van der Waals surface area contributed by atoms with E-state index in [-0.39, 0.29) is 0 Å². The first-order valence-electron chi connectivity index (χ1n) is 18.3. The van der Waals surface area contributed by atoms with Gasteiger partial charge in [0.25, 0.3) is 0 Å². The van der Waals surface area contributed by atoms with E-state index < -0.39 is 0 Å². The van der Waals surface area contributed by atoms with E-state index in [0.29, 0.717) is 5.82 Å². The number of hydrogen-bond acceptors (Lipinski definition) is 5. The Bertz CT molecular complexity index is 3060. The van der Waals surface area contributed by atoms with Crippen molar-refractivity contribution in [1.82, 2.24) is 9.97 Å². The average Bonchev–Trinajstić information content (AvgIpc) is 4.02. The molecule has 0 amide bonds. The van der Waals surface area contributed by atoms with E-state index in [1.54, 1.807) is 11.3 Å². The van der Waals surface area contributed by atoms with Gasteiger partial charge in [0, 0.05) is 43.8 Å². The maximum Gasteiger partial charge on any atom is 0.170 e. The van der Waals surface area contributed by atoms with E-state index in [1.165, 1.54) is 5.56 Å². The van der Waals surface area contributed by atoms with Gasteiger partial charge in [0.15, 0.2) is 5.82 Å². The Balaban J connectivity index is 1.15. The van der Waals surface area contributed by atoms with E-state index in [9.17, 15) is 0 Å². The van der Waals surface area contributed by atoms with Gasteiger partial charge in [0.2, 0.25) is 0 Å². The fraction of sp³-hybridized carbons (Fsp3) is 0. The van der Waals surface area contributed by atoms with Crippen LogP contribution < -0.4 is 0 Å². The van der Waals surface area contributed by atoms with Crippen LogP contribution >= 0.6 is 11.3 Å². The summed E-state index contributed by atoms with van der Waals surface area (Å²) >= 11 is 1.64. The highest BCUT2D eigenvalue weighted by Gasteiger charge is 2.19. The molecule has 0 spiro atoms. The molecule has 0 aliphatic heterocycles. The molecule has 55 heavy (non-hydrogen) atoms. The van der Waals surface area contributed by atoms with E-state index in [4.69, 9.17) is 18.8 Å². The lowest BCUT2D eigenvalue weighted by Crippen LogP contribution is -1.96. The Labute approximate surface area is 320 Å². The van der Waals surface area contributed by atoms with Crippen LogP contribution in [0.25, 0.3) is 110 Å². The highest BCUT2D eigenvalue weighted by Crippen LogP contribution is 2.42. The number of benzene rings is 7. The molecule has 4 aromatic heterocycles. The largest absolute Gasteiger partial charge is 0.455 e. The van der Waals surface area contributed by atoms with Crippen LogP contribution in [0.5, 0.6) is 0 Å². The van der Waals surface area contributed by atoms with Crippen LogP contribution in [-0.2, 0) is 0 Å². The van der Waals surface area contributed by atoms with Crippen molar-refractivity contribution in [1.29, 1.82) is 0 Å². The van der Waals surface area contributed by atoms with Gasteiger partial charge < -0.3 is 8.83 Å². The molecule has 0 aliphatic carbocycles. The maximum absolute atomic E-state index is 6.58. The molecule has 11 aromatic rings. The normalized spacial score (nSPS) is 11.6. The molecule has 7 aromatic carbocycles. The van der Waals surface area contributed by atoms with E-state index in [2.05, 4.69) is 145 Å². The summed E-state index contributed by atoms with van der Waals surface area (Å²) < 4.78 is 13.2. The van der Waals surface area contributed by atoms with Gasteiger partial charge in [-0.3, -0.25) is 0 Å². The van der Waals surface area contributed by atoms with Crippen molar-refractivity contribution < 1.29 is 8.83 Å². The molecular formula is C50H30N2O2S. The summed E-state index contributed by atoms with van der Waals surface area (Å²) in [7, 11) is 0. The summed E-state index contributed by atoms with van der Waals surface area (Å²) in [6, 6.07) is 61.3. The zero-order chi connectivity index (χ0) is 36.3. The monoisotopic (exact) mass is 722 g/mol. The van der Waals surface area contributed by atoms with E-state index in [1.807, 2.05) is 36.4 Å². The fourth-order valence-electron chi connectivity index (χ4n) is 7.76. The fourth-order valence-corrected chi connectivity index (χ4v) is 8.42. The van der Waals surface area contributed by atoms with E-state index in [0.717, 1.165) is 99.1 Å². The van der Waals surface area contributed by atoms with Crippen LogP contribution in [0, 0.1) is 0 Å². The van der Waals surface area contributed by atoms with Crippen molar-refractivity contribution in [2.24, 2.45) is 0 Å². The van der Waals surface area contributed by atoms with Crippen molar-refractivity contribution >= 4 is 55.2 Å². The molecular weight excluding hydrogens is 693 g/mol. The summed E-state index contributed by atoms with van der Waals surface area (Å²) in [5.74, 6) is 0.695. The van der Waals surface area contributed by atoms with Crippen LogP contribution in [0.15, 0.2) is 190 Å². The van der Waals surface area contributed by atoms with Gasteiger partial charge in [-0.2, -0.15) is 0 Å². The first kappa shape index (κ1) is 31.4. The zero-order valence-electron chi connectivity index (χ0n) is 29.4. The minimum Gasteiger partial charge on any atom is -0.455 e. The second-order valence-electron chi connectivity index (χ2n) is 13.7. The number of fused-ring (bicyclic) bond motifs is 6. The van der Waals surface area contributed by atoms with Crippen LogP contribution in [0.1, 0.15) is 0 Å². The molecule has 5 heteroatoms. The Morgan fingerprint density at radius 2 is 0.873 bits per heavy atom. The van der Waals surface area contributed by atoms with Crippen molar-refractivity contribution in [2.75, 3.05) is 0 Å². The Morgan fingerprint density at radius 3 is 1.47 bits per heavy atom. The van der Waals surface area contributed by atoms with Gasteiger partial charge in [-0.25, -0.2) is 9.97 Å². The summed E-state index contributed by atoms with van der Waals surface area (Å²) in [4.78, 5) is 11.4. The summed E-state index contributed by atoms with van der Waals surface area (Å²) in [6.45, 7) is 0. The Hall–Kier alpha value is -7.08. The van der Waals surface area contributed by atoms with E-state index >= 15 is 0 Å². The summed E-state index contributed by atoms with van der Waals surface area (Å²) in [5, 5.41) is 6.44. The van der Waals surface area contributed by atoms with Gasteiger partial charge in [0.1, 0.15) is 22.3 Å². The second-order valence-corrected chi connectivity index (χ2v) is 14.7. The molecule has 258 valence electrons. The molecule has 0 atom stereocenters. The SMILES string of the molecule is c1ccc(-c2ccc(-c3cc(-c4cc(-c5cccc6c5oc5ccccc56)cc(-c5cccc6c5oc5ccccc56)c4)nc(-c4cccs4)n3)cc2)cc1. The predicted octanol–water partition coefficient (Wildman–Crippen LogP) is 14.3. The number of thiophene rings is 1. The molecule has 11 rings (SSSR count). The second kappa shape index (κ2) is 12.8. The van der Waals surface area contributed by atoms with Gasteiger partial charge in [0.05, 0.1) is 16.3 Å². The molecule has 0 aliphatic rings. The lowest BCUT2D eigenvalue weighted by atomic mass is 9.93. The molecule has 0 unspecified atom stereocenters. The minimum atomic E-state index is 0.695. The molecule has 4 nitrogen and oxygen atoms in total. The van der Waals surface area contributed by atoms with Gasteiger partial charge >= 0.3 is 0 Å². The molecule has 0 N–H and O–H groups in total. The summed E-state index contributed by atoms with van der Waals surface area (Å²) in [5.41, 5.74) is 13.5. The molecule has 0 saturated heterocycles. The minimum absolute atomic E-state index is 0.695. The van der Waals surface area contributed by atoms with Crippen molar-refractivity contribution in [3.8, 4) is 66.6 Å². The Morgan fingerprint density at radius 1 is 0.364 bits per heavy atom. The van der Waals surface area contributed by atoms with Crippen LogP contribution in [0.3, 0.4) is 0 Å². The number of furan rings is 2. The highest BCUT2D eigenvalue weighted by atomic mass is 32.1. The topological polar surface area (TPSA) is 52.1 Å². The van der Waals surface area contributed by atoms with Crippen LogP contribution in [-0.4, -0.2) is 9.97 Å². The Kier molecular flexibility index (Phi) is 7.32. The first-order chi connectivity index (χ1) is 27.2. The standard InChI is InChI=1S/C50H30N2O2S/c1-2-11-31(12-3-1)32-22-24-33(25-23-32)43-30-44(52-50(51-43)47-21-10-26-55-47)36-28-34(37-15-8-17-41-39-13-4-6-19-45(39)53-48(37)41)27-35(29-36)38-16-9-18-42-40-14-5-7-20-46(40)54-49(38)42/h1-30H. The number of aromatic nitrogens is 2. The molecule has 0 saturated carbocycles. The quantitative estimate of drug-likeness (QED) is 0.171. The van der Waals surface area contributed by atoms with Crippen molar-refractivity contribution in [2.45, 2.75) is 0 Å². The molecule has 0 bridgehead atoms.